The molecule has 2 rings (SSSR count). The van der Waals surface area contributed by atoms with Crippen LogP contribution >= 0.6 is 24.2 Å². The molecule has 0 amide bonds. The molecule has 0 spiro atoms. The lowest BCUT2D eigenvalue weighted by Gasteiger charge is -2.03. The Morgan fingerprint density at radius 1 is 1.13 bits per heavy atom. The third-order valence-electron chi connectivity index (χ3n) is 1.67. The van der Waals surface area contributed by atoms with Crippen LogP contribution in [-0.2, 0) is 0 Å². The number of hydrogen-bond acceptors (Lipinski definition) is 4. The van der Waals surface area contributed by atoms with Gasteiger partial charge in [-0.15, -0.1) is 12.6 Å². The van der Waals surface area contributed by atoms with E-state index in [1.807, 2.05) is 12.1 Å². The van der Waals surface area contributed by atoms with Gasteiger partial charge < -0.3 is 4.74 Å². The van der Waals surface area contributed by atoms with Crippen molar-refractivity contribution in [2.24, 2.45) is 0 Å². The predicted octanol–water partition coefficient (Wildman–Crippen LogP) is 3.21. The van der Waals surface area contributed by atoms with Crippen LogP contribution in [0.3, 0.4) is 0 Å². The molecule has 1 aromatic heterocycles. The molecule has 0 fully saturated rings. The van der Waals surface area contributed by atoms with Crippen molar-refractivity contribution in [3.63, 3.8) is 0 Å². The Morgan fingerprint density at radius 3 is 2.53 bits per heavy atom. The van der Waals surface area contributed by atoms with Crippen LogP contribution in [0.15, 0.2) is 41.6 Å². The van der Waals surface area contributed by atoms with E-state index in [0.717, 1.165) is 4.90 Å². The first-order valence-corrected chi connectivity index (χ1v) is 5.01. The zero-order valence-corrected chi connectivity index (χ0v) is 9.24. The molecule has 0 N–H and O–H groups in total. The van der Waals surface area contributed by atoms with Gasteiger partial charge in [0.1, 0.15) is 17.2 Å². The van der Waals surface area contributed by atoms with Gasteiger partial charge in [0.2, 0.25) is 5.88 Å². The first-order valence-electron chi connectivity index (χ1n) is 4.18. The van der Waals surface area contributed by atoms with E-state index in [9.17, 15) is 0 Å². The third-order valence-corrected chi connectivity index (χ3v) is 2.17. The fourth-order valence-electron chi connectivity index (χ4n) is 1.01. The van der Waals surface area contributed by atoms with E-state index in [0.29, 0.717) is 16.8 Å². The van der Waals surface area contributed by atoms with Gasteiger partial charge in [0.25, 0.3) is 0 Å². The summed E-state index contributed by atoms with van der Waals surface area (Å²) in [7, 11) is 0. The highest BCUT2D eigenvalue weighted by Gasteiger charge is 1.99. The molecule has 0 saturated heterocycles. The monoisotopic (exact) mass is 238 g/mol. The van der Waals surface area contributed by atoms with Crippen LogP contribution in [0.5, 0.6) is 11.6 Å². The molecule has 0 radical (unpaired) electrons. The van der Waals surface area contributed by atoms with Gasteiger partial charge in [0, 0.05) is 11.0 Å². The Balaban J connectivity index is 2.18. The molecule has 76 valence electrons. The number of thiol groups is 1. The van der Waals surface area contributed by atoms with Crippen LogP contribution in [0.1, 0.15) is 0 Å². The lowest BCUT2D eigenvalue weighted by atomic mass is 10.3. The molecule has 0 aliphatic heterocycles. The summed E-state index contributed by atoms with van der Waals surface area (Å²) >= 11 is 9.86. The topological polar surface area (TPSA) is 35.0 Å². The van der Waals surface area contributed by atoms with Crippen molar-refractivity contribution in [1.82, 2.24) is 9.97 Å². The number of aromatic nitrogens is 2. The second-order valence-electron chi connectivity index (χ2n) is 2.77. The smallest absolute Gasteiger partial charge is 0.223 e. The summed E-state index contributed by atoms with van der Waals surface area (Å²) in [4.78, 5) is 8.56. The average molecular weight is 239 g/mol. The maximum Gasteiger partial charge on any atom is 0.223 e. The predicted molar refractivity (Wildman–Crippen MR) is 60.8 cm³/mol. The van der Waals surface area contributed by atoms with Crippen molar-refractivity contribution >= 4 is 24.2 Å². The summed E-state index contributed by atoms with van der Waals surface area (Å²) in [5, 5.41) is 0.353. The first-order chi connectivity index (χ1) is 7.24. The van der Waals surface area contributed by atoms with Gasteiger partial charge in [0.15, 0.2) is 0 Å². The number of ether oxygens (including phenoxy) is 1. The lowest BCUT2D eigenvalue weighted by Crippen LogP contribution is -1.88. The molecule has 0 saturated carbocycles. The van der Waals surface area contributed by atoms with Crippen LogP contribution in [-0.4, -0.2) is 9.97 Å². The molecule has 0 bridgehead atoms. The Bertz CT molecular complexity index is 461. The van der Waals surface area contributed by atoms with E-state index < -0.39 is 0 Å². The van der Waals surface area contributed by atoms with E-state index in [4.69, 9.17) is 16.3 Å². The Hall–Kier alpha value is -1.26. The zero-order chi connectivity index (χ0) is 10.7. The number of benzene rings is 1. The molecule has 0 unspecified atom stereocenters. The van der Waals surface area contributed by atoms with Crippen molar-refractivity contribution in [1.29, 1.82) is 0 Å². The van der Waals surface area contributed by atoms with Crippen molar-refractivity contribution in [2.45, 2.75) is 4.90 Å². The van der Waals surface area contributed by atoms with E-state index in [1.165, 1.54) is 6.33 Å². The Morgan fingerprint density at radius 2 is 1.87 bits per heavy atom. The molecule has 0 aliphatic rings. The van der Waals surface area contributed by atoms with Crippen LogP contribution < -0.4 is 4.74 Å². The minimum absolute atomic E-state index is 0.353. The van der Waals surface area contributed by atoms with Crippen molar-refractivity contribution in [3.8, 4) is 11.6 Å². The van der Waals surface area contributed by atoms with Crippen molar-refractivity contribution < 1.29 is 4.74 Å². The number of nitrogens with zero attached hydrogens (tertiary/aromatic N) is 2. The van der Waals surface area contributed by atoms with Crippen LogP contribution in [0.4, 0.5) is 0 Å². The quantitative estimate of drug-likeness (QED) is 0.645. The van der Waals surface area contributed by atoms with Gasteiger partial charge in [-0.25, -0.2) is 9.97 Å². The summed E-state index contributed by atoms with van der Waals surface area (Å²) < 4.78 is 5.44. The standard InChI is InChI=1S/C10H7ClN2OS/c11-9-5-10(13-6-12-9)14-7-1-3-8(15)4-2-7/h1-6,15H. The molecule has 1 heterocycles. The molecule has 5 heteroatoms. The van der Waals surface area contributed by atoms with Gasteiger partial charge >= 0.3 is 0 Å². The summed E-state index contributed by atoms with van der Waals surface area (Å²) in [5.74, 6) is 1.10. The molecular formula is C10H7ClN2OS. The molecule has 15 heavy (non-hydrogen) atoms. The SMILES string of the molecule is Sc1ccc(Oc2cc(Cl)ncn2)cc1. The summed E-state index contributed by atoms with van der Waals surface area (Å²) in [6, 6.07) is 8.83. The summed E-state index contributed by atoms with van der Waals surface area (Å²) in [6.07, 6.45) is 1.35. The van der Waals surface area contributed by atoms with Crippen LogP contribution in [0, 0.1) is 0 Å². The van der Waals surface area contributed by atoms with E-state index in [1.54, 1.807) is 18.2 Å². The average Bonchev–Trinajstić information content (AvgIpc) is 2.22. The molecule has 3 nitrogen and oxygen atoms in total. The number of halogens is 1. The van der Waals surface area contributed by atoms with E-state index >= 15 is 0 Å². The van der Waals surface area contributed by atoms with E-state index in [-0.39, 0.29) is 0 Å². The second-order valence-corrected chi connectivity index (χ2v) is 3.68. The molecule has 1 aromatic carbocycles. The zero-order valence-electron chi connectivity index (χ0n) is 7.59. The summed E-state index contributed by atoms with van der Waals surface area (Å²) in [5.41, 5.74) is 0. The molecule has 2 aromatic rings. The van der Waals surface area contributed by atoms with Gasteiger partial charge in [-0.3, -0.25) is 0 Å². The minimum atomic E-state index is 0.353. The number of hydrogen-bond donors (Lipinski definition) is 1. The van der Waals surface area contributed by atoms with Crippen LogP contribution in [0.2, 0.25) is 5.15 Å². The highest BCUT2D eigenvalue weighted by Crippen LogP contribution is 2.21. The largest absolute Gasteiger partial charge is 0.439 e. The maximum atomic E-state index is 5.69. The molecule has 0 aliphatic carbocycles. The Labute approximate surface area is 97.5 Å². The molecular weight excluding hydrogens is 232 g/mol. The fraction of sp³-hybridized carbons (Fsp3) is 0. The van der Waals surface area contributed by atoms with Gasteiger partial charge in [-0.1, -0.05) is 11.6 Å². The third kappa shape index (κ3) is 2.84. The van der Waals surface area contributed by atoms with Crippen molar-refractivity contribution in [3.05, 3.63) is 41.8 Å². The summed E-state index contributed by atoms with van der Waals surface area (Å²) in [6.45, 7) is 0. The lowest BCUT2D eigenvalue weighted by molar-refractivity contribution is 0.461. The van der Waals surface area contributed by atoms with Gasteiger partial charge in [0.05, 0.1) is 0 Å². The maximum absolute atomic E-state index is 5.69. The highest BCUT2D eigenvalue weighted by atomic mass is 35.5. The van der Waals surface area contributed by atoms with Gasteiger partial charge in [-0.2, -0.15) is 0 Å². The first kappa shape index (κ1) is 10.3. The second kappa shape index (κ2) is 4.51. The van der Waals surface area contributed by atoms with E-state index in [2.05, 4.69) is 22.6 Å². The van der Waals surface area contributed by atoms with Crippen LogP contribution in [0.25, 0.3) is 0 Å². The Kier molecular flexibility index (Phi) is 3.08. The normalized spacial score (nSPS) is 10.0. The molecule has 0 atom stereocenters. The minimum Gasteiger partial charge on any atom is -0.439 e. The fourth-order valence-corrected chi connectivity index (χ4v) is 1.29. The highest BCUT2D eigenvalue weighted by molar-refractivity contribution is 7.80. The number of rotatable bonds is 2. The van der Waals surface area contributed by atoms with Gasteiger partial charge in [-0.05, 0) is 24.3 Å². The van der Waals surface area contributed by atoms with Crippen molar-refractivity contribution in [2.75, 3.05) is 0 Å².